The monoisotopic (exact) mass is 256 g/mol. The third-order valence-corrected chi connectivity index (χ3v) is 4.71. The zero-order valence-corrected chi connectivity index (χ0v) is 12.2. The molecule has 0 aromatic carbocycles. The molecule has 3 rings (SSSR count). The smallest absolute Gasteiger partial charge is 0.164 e. The molecule has 0 radical (unpaired) electrons. The van der Waals surface area contributed by atoms with E-state index in [9.17, 15) is 0 Å². The number of ether oxygens (including phenoxy) is 4. The zero-order chi connectivity index (χ0) is 13.4. The number of fused-ring (bicyclic) bond motifs is 5. The van der Waals surface area contributed by atoms with Gasteiger partial charge in [-0.2, -0.15) is 0 Å². The highest BCUT2D eigenvalue weighted by Crippen LogP contribution is 2.58. The van der Waals surface area contributed by atoms with Gasteiger partial charge in [-0.3, -0.25) is 0 Å². The Balaban J connectivity index is 1.99. The van der Waals surface area contributed by atoms with Gasteiger partial charge in [0.1, 0.15) is 12.2 Å². The van der Waals surface area contributed by atoms with Crippen molar-refractivity contribution in [3.8, 4) is 0 Å². The molecule has 0 N–H and O–H groups in total. The van der Waals surface area contributed by atoms with Crippen LogP contribution in [0.1, 0.15) is 47.5 Å². The van der Waals surface area contributed by atoms with Gasteiger partial charge in [-0.25, -0.2) is 0 Å². The average Bonchev–Trinajstić information content (AvgIpc) is 2.60. The van der Waals surface area contributed by atoms with E-state index >= 15 is 0 Å². The summed E-state index contributed by atoms with van der Waals surface area (Å²) in [5.74, 6) is -0.511. The lowest BCUT2D eigenvalue weighted by molar-refractivity contribution is -0.268. The fourth-order valence-electron chi connectivity index (χ4n) is 4.27. The third-order valence-electron chi connectivity index (χ3n) is 4.71. The van der Waals surface area contributed by atoms with Crippen LogP contribution in [0.25, 0.3) is 0 Å². The average molecular weight is 256 g/mol. The molecule has 0 saturated carbocycles. The summed E-state index contributed by atoms with van der Waals surface area (Å²) in [4.78, 5) is 0. The molecule has 0 unspecified atom stereocenters. The first-order valence-electron chi connectivity index (χ1n) is 6.73. The van der Waals surface area contributed by atoms with Crippen molar-refractivity contribution >= 4 is 0 Å². The minimum Gasteiger partial charge on any atom is -0.378 e. The van der Waals surface area contributed by atoms with Crippen LogP contribution >= 0.6 is 0 Å². The van der Waals surface area contributed by atoms with Crippen LogP contribution in [0.2, 0.25) is 0 Å². The lowest BCUT2D eigenvalue weighted by Gasteiger charge is -2.47. The molecule has 0 amide bonds. The van der Waals surface area contributed by atoms with Crippen LogP contribution in [0.4, 0.5) is 0 Å². The summed E-state index contributed by atoms with van der Waals surface area (Å²) in [6, 6.07) is 0. The van der Waals surface area contributed by atoms with E-state index in [1.54, 1.807) is 7.11 Å². The first-order chi connectivity index (χ1) is 8.12. The molecule has 104 valence electrons. The van der Waals surface area contributed by atoms with Gasteiger partial charge in [0.2, 0.25) is 0 Å². The lowest BCUT2D eigenvalue weighted by atomic mass is 9.81. The fraction of sp³-hybridized carbons (Fsp3) is 1.00. The summed E-state index contributed by atoms with van der Waals surface area (Å²) in [5, 5.41) is 0. The Labute approximate surface area is 109 Å². The Bertz CT molecular complexity index is 352. The van der Waals surface area contributed by atoms with Gasteiger partial charge in [-0.15, -0.1) is 0 Å². The Morgan fingerprint density at radius 2 is 1.33 bits per heavy atom. The quantitative estimate of drug-likeness (QED) is 0.721. The maximum absolute atomic E-state index is 6.30. The van der Waals surface area contributed by atoms with Gasteiger partial charge in [0.25, 0.3) is 0 Å². The van der Waals surface area contributed by atoms with Crippen molar-refractivity contribution < 1.29 is 18.9 Å². The Morgan fingerprint density at radius 1 is 0.889 bits per heavy atom. The zero-order valence-electron chi connectivity index (χ0n) is 12.2. The molecule has 2 bridgehead atoms. The van der Waals surface area contributed by atoms with Crippen molar-refractivity contribution in [2.75, 3.05) is 7.11 Å². The first-order valence-corrected chi connectivity index (χ1v) is 6.73. The SMILES string of the molecule is CO[C@]1(C)C[C@@]2(C)O[C@@](C)(C1)[C@@H]1OC(C)(C)O[C@@H]12. The van der Waals surface area contributed by atoms with Crippen molar-refractivity contribution in [3.63, 3.8) is 0 Å². The number of hydrogen-bond acceptors (Lipinski definition) is 4. The number of rotatable bonds is 1. The van der Waals surface area contributed by atoms with E-state index < -0.39 is 5.79 Å². The second-order valence-corrected chi connectivity index (χ2v) is 7.21. The van der Waals surface area contributed by atoms with Crippen molar-refractivity contribution in [1.29, 1.82) is 0 Å². The predicted octanol–water partition coefficient (Wildman–Crippen LogP) is 2.25. The summed E-state index contributed by atoms with van der Waals surface area (Å²) in [6.07, 6.45) is 1.67. The van der Waals surface area contributed by atoms with Gasteiger partial charge >= 0.3 is 0 Å². The van der Waals surface area contributed by atoms with Gasteiger partial charge in [-0.05, 0) is 34.6 Å². The molecule has 18 heavy (non-hydrogen) atoms. The molecule has 3 heterocycles. The van der Waals surface area contributed by atoms with Crippen LogP contribution in [-0.2, 0) is 18.9 Å². The summed E-state index contributed by atoms with van der Waals surface area (Å²) < 4.78 is 24.2. The van der Waals surface area contributed by atoms with Crippen LogP contribution in [-0.4, -0.2) is 41.9 Å². The van der Waals surface area contributed by atoms with E-state index in [4.69, 9.17) is 18.9 Å². The van der Waals surface area contributed by atoms with Crippen LogP contribution in [0.3, 0.4) is 0 Å². The van der Waals surface area contributed by atoms with Crippen molar-refractivity contribution in [2.45, 2.75) is 82.3 Å². The topological polar surface area (TPSA) is 36.9 Å². The van der Waals surface area contributed by atoms with Crippen LogP contribution in [0.15, 0.2) is 0 Å². The Hall–Kier alpha value is -0.160. The largest absolute Gasteiger partial charge is 0.378 e. The molecule has 4 heteroatoms. The van der Waals surface area contributed by atoms with Crippen LogP contribution in [0.5, 0.6) is 0 Å². The van der Waals surface area contributed by atoms with Crippen LogP contribution < -0.4 is 0 Å². The van der Waals surface area contributed by atoms with E-state index in [1.807, 2.05) is 13.8 Å². The summed E-state index contributed by atoms with van der Waals surface area (Å²) >= 11 is 0. The molecule has 0 aromatic rings. The van der Waals surface area contributed by atoms with E-state index in [1.165, 1.54) is 0 Å². The van der Waals surface area contributed by atoms with E-state index in [2.05, 4.69) is 20.8 Å². The predicted molar refractivity (Wildman–Crippen MR) is 66.4 cm³/mol. The second-order valence-electron chi connectivity index (χ2n) is 7.21. The molecule has 3 aliphatic heterocycles. The number of methoxy groups -OCH3 is 1. The van der Waals surface area contributed by atoms with E-state index in [-0.39, 0.29) is 29.0 Å². The molecule has 0 aliphatic carbocycles. The minimum absolute atomic E-state index is 0.00512. The molecule has 5 atom stereocenters. The standard InChI is InChI=1S/C14H24O4/c1-11(2)16-9-10(17-11)14(5)8-12(3,15-6)7-13(9,4)18-14/h9-10H,7-8H2,1-6H3/t9-,10+,12+,13+,14-. The maximum atomic E-state index is 6.30. The molecule has 0 spiro atoms. The van der Waals surface area contributed by atoms with Crippen molar-refractivity contribution in [3.05, 3.63) is 0 Å². The van der Waals surface area contributed by atoms with E-state index in [0.29, 0.717) is 0 Å². The molecule has 4 nitrogen and oxygen atoms in total. The maximum Gasteiger partial charge on any atom is 0.164 e. The molecule has 0 aromatic heterocycles. The molecule has 3 saturated heterocycles. The summed E-state index contributed by atoms with van der Waals surface area (Å²) in [7, 11) is 1.78. The normalized spacial score (nSPS) is 57.7. The molecular formula is C14H24O4. The highest BCUT2D eigenvalue weighted by molar-refractivity contribution is 5.17. The second kappa shape index (κ2) is 3.29. The van der Waals surface area contributed by atoms with Gasteiger partial charge in [0.05, 0.1) is 16.8 Å². The minimum atomic E-state index is -0.511. The van der Waals surface area contributed by atoms with E-state index in [0.717, 1.165) is 12.8 Å². The van der Waals surface area contributed by atoms with Gasteiger partial charge in [0, 0.05) is 20.0 Å². The fourth-order valence-corrected chi connectivity index (χ4v) is 4.27. The Kier molecular flexibility index (Phi) is 2.35. The number of hydrogen-bond donors (Lipinski definition) is 0. The lowest BCUT2D eigenvalue weighted by Crippen LogP contribution is -2.54. The van der Waals surface area contributed by atoms with Gasteiger partial charge in [-0.1, -0.05) is 0 Å². The third kappa shape index (κ3) is 1.59. The van der Waals surface area contributed by atoms with Gasteiger partial charge < -0.3 is 18.9 Å². The van der Waals surface area contributed by atoms with Crippen molar-refractivity contribution in [1.82, 2.24) is 0 Å². The summed E-state index contributed by atoms with van der Waals surface area (Å²) in [6.45, 7) is 10.3. The highest BCUT2D eigenvalue weighted by Gasteiger charge is 2.70. The highest BCUT2D eigenvalue weighted by atomic mass is 16.8. The molecular weight excluding hydrogens is 232 g/mol. The van der Waals surface area contributed by atoms with Crippen molar-refractivity contribution in [2.24, 2.45) is 0 Å². The Morgan fingerprint density at radius 3 is 1.72 bits per heavy atom. The molecule has 3 aliphatic rings. The van der Waals surface area contributed by atoms with Crippen LogP contribution in [0, 0.1) is 0 Å². The molecule has 3 fully saturated rings. The first kappa shape index (κ1) is 12.9. The summed E-state index contributed by atoms with van der Waals surface area (Å²) in [5.41, 5.74) is -0.810. The van der Waals surface area contributed by atoms with Gasteiger partial charge in [0.15, 0.2) is 5.79 Å².